The number of nitrogens with zero attached hydrogens (tertiary/aromatic N) is 1. The first kappa shape index (κ1) is 19.7. The van der Waals surface area contributed by atoms with Crippen molar-refractivity contribution in [2.45, 2.75) is 44.8 Å². The average Bonchev–Trinajstić information content (AvgIpc) is 3.21. The molecule has 1 N–H and O–H groups in total. The largest absolute Gasteiger partial charge is 0.497 e. The second-order valence-electron chi connectivity index (χ2n) is 6.92. The number of nitro groups is 1. The molecule has 0 unspecified atom stereocenters. The minimum atomic E-state index is -0.709. The molecule has 1 fully saturated rings. The smallest absolute Gasteiger partial charge is 0.270 e. The number of benzene rings is 2. The standard InChI is InChI=1S/C21H24N2O5/c1-14(21(24)22-16-5-3-4-6-16)28-20-12-9-17(23(25)26)13-19(20)15-7-10-18(27-2)11-8-15/h7-14,16H,3-6H2,1-2H3,(H,22,24)/t14-/m1/s1. The zero-order chi connectivity index (χ0) is 20.1. The topological polar surface area (TPSA) is 90.7 Å². The van der Waals surface area contributed by atoms with Crippen molar-refractivity contribution in [2.24, 2.45) is 0 Å². The van der Waals surface area contributed by atoms with E-state index in [-0.39, 0.29) is 17.6 Å². The van der Waals surface area contributed by atoms with Crippen LogP contribution < -0.4 is 14.8 Å². The van der Waals surface area contributed by atoms with E-state index < -0.39 is 11.0 Å². The molecule has 0 aromatic heterocycles. The lowest BCUT2D eigenvalue weighted by Gasteiger charge is -2.19. The monoisotopic (exact) mass is 384 g/mol. The average molecular weight is 384 g/mol. The van der Waals surface area contributed by atoms with Crippen LogP contribution in [0.2, 0.25) is 0 Å². The van der Waals surface area contributed by atoms with E-state index in [1.165, 1.54) is 18.2 Å². The molecule has 0 saturated heterocycles. The van der Waals surface area contributed by atoms with Gasteiger partial charge in [0, 0.05) is 23.7 Å². The molecule has 7 nitrogen and oxygen atoms in total. The number of rotatable bonds is 7. The number of nitrogens with one attached hydrogen (secondary N) is 1. The molecule has 28 heavy (non-hydrogen) atoms. The highest BCUT2D eigenvalue weighted by molar-refractivity contribution is 5.82. The Morgan fingerprint density at radius 3 is 2.46 bits per heavy atom. The number of carbonyl (C=O) groups excluding carboxylic acids is 1. The summed E-state index contributed by atoms with van der Waals surface area (Å²) in [6.45, 7) is 1.68. The fourth-order valence-electron chi connectivity index (χ4n) is 3.36. The van der Waals surface area contributed by atoms with Crippen molar-refractivity contribution < 1.29 is 19.2 Å². The van der Waals surface area contributed by atoms with E-state index in [0.29, 0.717) is 17.1 Å². The van der Waals surface area contributed by atoms with Gasteiger partial charge in [-0.3, -0.25) is 14.9 Å². The van der Waals surface area contributed by atoms with Crippen LogP contribution in [0.4, 0.5) is 5.69 Å². The molecule has 1 amide bonds. The second kappa shape index (κ2) is 8.73. The molecule has 1 saturated carbocycles. The SMILES string of the molecule is COc1ccc(-c2cc([N+](=O)[O-])ccc2O[C@H](C)C(=O)NC2CCCC2)cc1. The molecule has 1 aliphatic rings. The molecule has 2 aromatic carbocycles. The molecule has 0 heterocycles. The van der Waals surface area contributed by atoms with E-state index in [1.54, 1.807) is 38.3 Å². The lowest BCUT2D eigenvalue weighted by molar-refractivity contribution is -0.384. The first-order valence-electron chi connectivity index (χ1n) is 9.38. The molecule has 1 aliphatic carbocycles. The second-order valence-corrected chi connectivity index (χ2v) is 6.92. The molecule has 148 valence electrons. The molecule has 1 atom stereocenters. The number of hydrogen-bond donors (Lipinski definition) is 1. The van der Waals surface area contributed by atoms with Crippen molar-refractivity contribution in [3.8, 4) is 22.6 Å². The van der Waals surface area contributed by atoms with Gasteiger partial charge in [0.2, 0.25) is 0 Å². The van der Waals surface area contributed by atoms with E-state index >= 15 is 0 Å². The number of amides is 1. The first-order chi connectivity index (χ1) is 13.5. The highest BCUT2D eigenvalue weighted by Crippen LogP contribution is 2.35. The predicted molar refractivity (Wildman–Crippen MR) is 106 cm³/mol. The summed E-state index contributed by atoms with van der Waals surface area (Å²) in [5.41, 5.74) is 1.25. The number of non-ortho nitro benzene ring substituents is 1. The van der Waals surface area contributed by atoms with Crippen molar-refractivity contribution in [2.75, 3.05) is 7.11 Å². The normalized spacial score (nSPS) is 15.1. The molecule has 7 heteroatoms. The summed E-state index contributed by atoms with van der Waals surface area (Å²) in [4.78, 5) is 23.2. The van der Waals surface area contributed by atoms with Crippen LogP contribution in [0.25, 0.3) is 11.1 Å². The number of nitro benzene ring substituents is 1. The van der Waals surface area contributed by atoms with Gasteiger partial charge in [-0.05, 0) is 43.5 Å². The van der Waals surface area contributed by atoms with Gasteiger partial charge in [-0.2, -0.15) is 0 Å². The van der Waals surface area contributed by atoms with E-state index in [9.17, 15) is 14.9 Å². The molecule has 2 aromatic rings. The number of ether oxygens (including phenoxy) is 2. The summed E-state index contributed by atoms with van der Waals surface area (Å²) < 4.78 is 11.1. The van der Waals surface area contributed by atoms with E-state index in [4.69, 9.17) is 9.47 Å². The zero-order valence-electron chi connectivity index (χ0n) is 16.0. The highest BCUT2D eigenvalue weighted by atomic mass is 16.6. The van der Waals surface area contributed by atoms with Gasteiger partial charge >= 0.3 is 0 Å². The predicted octanol–water partition coefficient (Wildman–Crippen LogP) is 4.10. The fraction of sp³-hybridized carbons (Fsp3) is 0.381. The summed E-state index contributed by atoms with van der Waals surface area (Å²) in [6.07, 6.45) is 3.54. The molecule has 0 radical (unpaired) electrons. The number of methoxy groups -OCH3 is 1. The summed E-state index contributed by atoms with van der Waals surface area (Å²) >= 11 is 0. The van der Waals surface area contributed by atoms with Crippen LogP contribution >= 0.6 is 0 Å². The van der Waals surface area contributed by atoms with Gasteiger partial charge in [0.1, 0.15) is 11.5 Å². The lowest BCUT2D eigenvalue weighted by atomic mass is 10.0. The zero-order valence-corrected chi connectivity index (χ0v) is 16.0. The van der Waals surface area contributed by atoms with Crippen molar-refractivity contribution in [3.05, 3.63) is 52.6 Å². The van der Waals surface area contributed by atoms with E-state index in [0.717, 1.165) is 31.2 Å². The third kappa shape index (κ3) is 4.60. The Morgan fingerprint density at radius 1 is 1.18 bits per heavy atom. The van der Waals surface area contributed by atoms with Gasteiger partial charge < -0.3 is 14.8 Å². The summed E-state index contributed by atoms with van der Waals surface area (Å²) in [5.74, 6) is 0.928. The van der Waals surface area contributed by atoms with Gasteiger partial charge in [-0.25, -0.2) is 0 Å². The van der Waals surface area contributed by atoms with Gasteiger partial charge in [0.05, 0.1) is 12.0 Å². The van der Waals surface area contributed by atoms with Crippen molar-refractivity contribution in [1.82, 2.24) is 5.32 Å². The Hall–Kier alpha value is -3.09. The minimum absolute atomic E-state index is 0.0405. The van der Waals surface area contributed by atoms with E-state index in [1.807, 2.05) is 0 Å². The van der Waals surface area contributed by atoms with Crippen molar-refractivity contribution in [3.63, 3.8) is 0 Å². The molecule has 3 rings (SSSR count). The third-order valence-corrected chi connectivity index (χ3v) is 4.95. The van der Waals surface area contributed by atoms with Crippen LogP contribution in [0.5, 0.6) is 11.5 Å². The Kier molecular flexibility index (Phi) is 6.13. The molecule has 0 bridgehead atoms. The van der Waals surface area contributed by atoms with Gasteiger partial charge in [0.15, 0.2) is 6.10 Å². The maximum absolute atomic E-state index is 12.4. The van der Waals surface area contributed by atoms with Gasteiger partial charge in [0.25, 0.3) is 11.6 Å². The van der Waals surface area contributed by atoms with Crippen LogP contribution in [0.3, 0.4) is 0 Å². The minimum Gasteiger partial charge on any atom is -0.497 e. The molecular formula is C21H24N2O5. The van der Waals surface area contributed by atoms with Gasteiger partial charge in [-0.1, -0.05) is 25.0 Å². The Bertz CT molecular complexity index is 844. The van der Waals surface area contributed by atoms with Gasteiger partial charge in [-0.15, -0.1) is 0 Å². The Balaban J connectivity index is 1.84. The molecular weight excluding hydrogens is 360 g/mol. The van der Waals surface area contributed by atoms with Crippen LogP contribution in [-0.2, 0) is 4.79 Å². The van der Waals surface area contributed by atoms with E-state index in [2.05, 4.69) is 5.32 Å². The maximum Gasteiger partial charge on any atom is 0.270 e. The fourth-order valence-corrected chi connectivity index (χ4v) is 3.36. The van der Waals surface area contributed by atoms with Crippen molar-refractivity contribution in [1.29, 1.82) is 0 Å². The van der Waals surface area contributed by atoms with Crippen molar-refractivity contribution >= 4 is 11.6 Å². The Labute approximate surface area is 163 Å². The van der Waals surface area contributed by atoms with Crippen LogP contribution in [-0.4, -0.2) is 30.1 Å². The quantitative estimate of drug-likeness (QED) is 0.573. The third-order valence-electron chi connectivity index (χ3n) is 4.95. The number of carbonyl (C=O) groups is 1. The lowest BCUT2D eigenvalue weighted by Crippen LogP contribution is -2.41. The first-order valence-corrected chi connectivity index (χ1v) is 9.38. The number of hydrogen-bond acceptors (Lipinski definition) is 5. The Morgan fingerprint density at radius 2 is 1.86 bits per heavy atom. The maximum atomic E-state index is 12.4. The highest BCUT2D eigenvalue weighted by Gasteiger charge is 2.23. The molecule has 0 aliphatic heterocycles. The summed E-state index contributed by atoms with van der Waals surface area (Å²) in [7, 11) is 1.57. The summed E-state index contributed by atoms with van der Waals surface area (Å²) in [5, 5.41) is 14.2. The van der Waals surface area contributed by atoms with Crippen LogP contribution in [0.1, 0.15) is 32.6 Å². The van der Waals surface area contributed by atoms with Crippen LogP contribution in [0.15, 0.2) is 42.5 Å². The summed E-state index contributed by atoms with van der Waals surface area (Å²) in [6, 6.07) is 11.7. The van der Waals surface area contributed by atoms with Crippen LogP contribution in [0, 0.1) is 10.1 Å². The molecule has 0 spiro atoms.